The fourth-order valence-electron chi connectivity index (χ4n) is 2.52. The van der Waals surface area contributed by atoms with E-state index in [-0.39, 0.29) is 0 Å². The van der Waals surface area contributed by atoms with Crippen LogP contribution in [0.4, 0.5) is 0 Å². The Bertz CT molecular complexity index is 1070. The first-order chi connectivity index (χ1) is 13.5. The Balaban J connectivity index is 2.10. The van der Waals surface area contributed by atoms with E-state index in [1.54, 1.807) is 57.9 Å². The third-order valence-electron chi connectivity index (χ3n) is 3.88. The smallest absolute Gasteiger partial charge is 0.216 e. The summed E-state index contributed by atoms with van der Waals surface area (Å²) in [7, 11) is 4.66. The van der Waals surface area contributed by atoms with Crippen molar-refractivity contribution in [3.8, 4) is 28.6 Å². The second-order valence-corrected chi connectivity index (χ2v) is 6.71. The van der Waals surface area contributed by atoms with Crippen molar-refractivity contribution in [2.45, 2.75) is 0 Å². The van der Waals surface area contributed by atoms with Crippen LogP contribution in [0.25, 0.3) is 11.4 Å². The van der Waals surface area contributed by atoms with Crippen molar-refractivity contribution >= 4 is 41.6 Å². The van der Waals surface area contributed by atoms with Gasteiger partial charge in [0.2, 0.25) is 4.77 Å². The molecule has 3 aromatic rings. The van der Waals surface area contributed by atoms with Gasteiger partial charge < -0.3 is 14.2 Å². The summed E-state index contributed by atoms with van der Waals surface area (Å²) in [6.07, 6.45) is 1.57. The number of halogens is 2. The molecule has 0 spiro atoms. The number of aromatic nitrogens is 3. The molecule has 1 aromatic heterocycles. The van der Waals surface area contributed by atoms with Crippen LogP contribution in [-0.2, 0) is 0 Å². The van der Waals surface area contributed by atoms with E-state index in [0.717, 1.165) is 0 Å². The molecule has 0 saturated heterocycles. The fraction of sp³-hybridized carbons (Fsp3) is 0.167. The Morgan fingerprint density at radius 1 is 1.07 bits per heavy atom. The Kier molecular flexibility index (Phi) is 6.23. The standard InChI is InChI=1S/C18H16Cl2N4O3S/c1-25-11-7-15(26-2)13(16(8-11)27-3)9-21-24-17(22-23-18(24)28)12-5-4-10(19)6-14(12)20/h4-9H,1-3H3,(H,23,28). The maximum Gasteiger partial charge on any atom is 0.216 e. The second kappa shape index (κ2) is 8.64. The number of hydrogen-bond donors (Lipinski definition) is 1. The first-order valence-corrected chi connectivity index (χ1v) is 9.12. The largest absolute Gasteiger partial charge is 0.496 e. The van der Waals surface area contributed by atoms with E-state index in [2.05, 4.69) is 15.3 Å². The number of H-pyrrole nitrogens is 1. The quantitative estimate of drug-likeness (QED) is 0.440. The molecule has 7 nitrogen and oxygen atoms in total. The van der Waals surface area contributed by atoms with Gasteiger partial charge in [-0.1, -0.05) is 23.2 Å². The molecule has 0 saturated carbocycles. The molecule has 0 bridgehead atoms. The summed E-state index contributed by atoms with van der Waals surface area (Å²) in [4.78, 5) is 0. The van der Waals surface area contributed by atoms with Gasteiger partial charge in [-0.05, 0) is 30.4 Å². The summed E-state index contributed by atoms with van der Waals surface area (Å²) >= 11 is 17.6. The highest BCUT2D eigenvalue weighted by molar-refractivity contribution is 7.71. The lowest BCUT2D eigenvalue weighted by Gasteiger charge is -2.12. The molecular weight excluding hydrogens is 423 g/mol. The topological polar surface area (TPSA) is 73.7 Å². The van der Waals surface area contributed by atoms with Gasteiger partial charge in [-0.2, -0.15) is 14.9 Å². The van der Waals surface area contributed by atoms with Crippen LogP contribution in [0.15, 0.2) is 35.4 Å². The van der Waals surface area contributed by atoms with Crippen molar-refractivity contribution in [3.63, 3.8) is 0 Å². The minimum Gasteiger partial charge on any atom is -0.496 e. The molecule has 0 aliphatic rings. The summed E-state index contributed by atoms with van der Waals surface area (Å²) in [5.74, 6) is 2.09. The number of benzene rings is 2. The molecule has 28 heavy (non-hydrogen) atoms. The minimum absolute atomic E-state index is 0.295. The molecule has 0 amide bonds. The molecule has 3 rings (SSSR count). The summed E-state index contributed by atoms with van der Waals surface area (Å²) in [5, 5.41) is 12.3. The van der Waals surface area contributed by atoms with Crippen LogP contribution in [0.5, 0.6) is 17.2 Å². The molecule has 2 aromatic carbocycles. The number of rotatable bonds is 6. The van der Waals surface area contributed by atoms with Crippen LogP contribution in [0.3, 0.4) is 0 Å². The monoisotopic (exact) mass is 438 g/mol. The molecule has 0 aliphatic carbocycles. The predicted molar refractivity (Wildman–Crippen MR) is 112 cm³/mol. The number of aromatic amines is 1. The highest BCUT2D eigenvalue weighted by atomic mass is 35.5. The molecule has 1 heterocycles. The normalized spacial score (nSPS) is 11.0. The number of nitrogens with zero attached hydrogens (tertiary/aromatic N) is 3. The van der Waals surface area contributed by atoms with Gasteiger partial charge in [-0.3, -0.25) is 0 Å². The molecule has 0 unspecified atom stereocenters. The van der Waals surface area contributed by atoms with Crippen molar-refractivity contribution in [1.29, 1.82) is 0 Å². The van der Waals surface area contributed by atoms with Crippen molar-refractivity contribution in [2.24, 2.45) is 5.10 Å². The van der Waals surface area contributed by atoms with Crippen molar-refractivity contribution in [1.82, 2.24) is 14.9 Å². The van der Waals surface area contributed by atoms with Gasteiger partial charge in [0.25, 0.3) is 0 Å². The predicted octanol–water partition coefficient (Wildman–Crippen LogP) is 4.82. The van der Waals surface area contributed by atoms with Gasteiger partial charge in [-0.25, -0.2) is 5.10 Å². The third-order valence-corrected chi connectivity index (χ3v) is 4.69. The maximum absolute atomic E-state index is 6.30. The zero-order chi connectivity index (χ0) is 20.3. The highest BCUT2D eigenvalue weighted by Gasteiger charge is 2.14. The van der Waals surface area contributed by atoms with Crippen LogP contribution >= 0.6 is 35.4 Å². The Morgan fingerprint density at radius 3 is 2.32 bits per heavy atom. The van der Waals surface area contributed by atoms with Crippen LogP contribution in [0.2, 0.25) is 10.0 Å². The van der Waals surface area contributed by atoms with Gasteiger partial charge in [0.1, 0.15) is 17.2 Å². The lowest BCUT2D eigenvalue weighted by Crippen LogP contribution is -2.00. The Hall–Kier alpha value is -2.55. The highest BCUT2D eigenvalue weighted by Crippen LogP contribution is 2.33. The molecule has 0 radical (unpaired) electrons. The summed E-state index contributed by atoms with van der Waals surface area (Å²) in [6.45, 7) is 0. The van der Waals surface area contributed by atoms with Crippen molar-refractivity contribution in [3.05, 3.63) is 50.7 Å². The van der Waals surface area contributed by atoms with Gasteiger partial charge in [-0.15, -0.1) is 0 Å². The van der Waals surface area contributed by atoms with E-state index < -0.39 is 0 Å². The van der Waals surface area contributed by atoms with Crippen LogP contribution in [0.1, 0.15) is 5.56 Å². The van der Waals surface area contributed by atoms with Crippen LogP contribution in [0, 0.1) is 4.77 Å². The minimum atomic E-state index is 0.295. The maximum atomic E-state index is 6.30. The van der Waals surface area contributed by atoms with Crippen molar-refractivity contribution in [2.75, 3.05) is 21.3 Å². The zero-order valence-corrected chi connectivity index (χ0v) is 17.5. The first kappa shape index (κ1) is 20.2. The molecule has 0 atom stereocenters. The molecule has 146 valence electrons. The lowest BCUT2D eigenvalue weighted by molar-refractivity contribution is 0.374. The Labute approximate surface area is 176 Å². The molecule has 10 heteroatoms. The van der Waals surface area contributed by atoms with Gasteiger partial charge >= 0.3 is 0 Å². The zero-order valence-electron chi connectivity index (χ0n) is 15.2. The van der Waals surface area contributed by atoms with E-state index in [1.807, 2.05) is 0 Å². The molecule has 1 N–H and O–H groups in total. The third kappa shape index (κ3) is 3.99. The van der Waals surface area contributed by atoms with E-state index in [4.69, 9.17) is 49.6 Å². The lowest BCUT2D eigenvalue weighted by atomic mass is 10.2. The van der Waals surface area contributed by atoms with E-state index in [0.29, 0.717) is 49.0 Å². The van der Waals surface area contributed by atoms with Gasteiger partial charge in [0, 0.05) is 22.7 Å². The summed E-state index contributed by atoms with van der Waals surface area (Å²) < 4.78 is 17.9. The van der Waals surface area contributed by atoms with Gasteiger partial charge in [0.15, 0.2) is 5.82 Å². The molecule has 0 aliphatic heterocycles. The number of nitrogens with one attached hydrogen (secondary N) is 1. The molecule has 0 fully saturated rings. The first-order valence-electron chi connectivity index (χ1n) is 7.95. The number of methoxy groups -OCH3 is 3. The Morgan fingerprint density at radius 2 is 1.75 bits per heavy atom. The van der Waals surface area contributed by atoms with Gasteiger partial charge in [0.05, 0.1) is 38.1 Å². The van der Waals surface area contributed by atoms with Crippen LogP contribution < -0.4 is 14.2 Å². The van der Waals surface area contributed by atoms with Crippen molar-refractivity contribution < 1.29 is 14.2 Å². The fourth-order valence-corrected chi connectivity index (χ4v) is 3.19. The summed E-state index contributed by atoms with van der Waals surface area (Å²) in [5.41, 5.74) is 1.24. The van der Waals surface area contributed by atoms with E-state index >= 15 is 0 Å². The number of hydrogen-bond acceptors (Lipinski definition) is 6. The van der Waals surface area contributed by atoms with E-state index in [1.165, 1.54) is 4.68 Å². The number of ether oxygens (including phenoxy) is 3. The average Bonchev–Trinajstić information content (AvgIpc) is 3.05. The van der Waals surface area contributed by atoms with E-state index in [9.17, 15) is 0 Å². The summed E-state index contributed by atoms with van der Waals surface area (Å²) in [6, 6.07) is 8.55. The molecular formula is C18H16Cl2N4O3S. The second-order valence-electron chi connectivity index (χ2n) is 5.48. The van der Waals surface area contributed by atoms with Crippen LogP contribution in [-0.4, -0.2) is 42.4 Å². The SMILES string of the molecule is COc1cc(OC)c(C=Nn2c(-c3ccc(Cl)cc3Cl)n[nH]c2=S)c(OC)c1. The average molecular weight is 439 g/mol.